The van der Waals surface area contributed by atoms with Gasteiger partial charge in [0.15, 0.2) is 0 Å². The maximum atomic E-state index is 3.49. The summed E-state index contributed by atoms with van der Waals surface area (Å²) in [5.74, 6) is 11.6. The third-order valence-electron chi connectivity index (χ3n) is 5.13. The van der Waals surface area contributed by atoms with Crippen molar-refractivity contribution >= 4 is 0 Å². The molecule has 0 radical (unpaired) electrons. The minimum atomic E-state index is 0.677. The minimum Gasteiger partial charge on any atom is -0.316 e. The zero-order chi connectivity index (χ0) is 10.4. The van der Waals surface area contributed by atoms with Gasteiger partial charge in [-0.1, -0.05) is 0 Å². The summed E-state index contributed by atoms with van der Waals surface area (Å²) < 4.78 is 0. The smallest absolute Gasteiger partial charge is 0.0246 e. The van der Waals surface area contributed by atoms with Crippen molar-refractivity contribution in [2.24, 2.45) is 29.6 Å². The van der Waals surface area contributed by atoms with Gasteiger partial charge >= 0.3 is 0 Å². The highest BCUT2D eigenvalue weighted by atomic mass is 14.9. The summed E-state index contributed by atoms with van der Waals surface area (Å²) in [7, 11) is 2.11. The number of hydrogen-bond acceptors (Lipinski definition) is 1. The van der Waals surface area contributed by atoms with E-state index in [2.05, 4.69) is 24.2 Å². The Kier molecular flexibility index (Phi) is 2.29. The van der Waals surface area contributed by atoms with Crippen LogP contribution < -0.4 is 5.32 Å². The largest absolute Gasteiger partial charge is 0.316 e. The molecule has 5 atom stereocenters. The first-order valence-corrected chi connectivity index (χ1v) is 6.43. The predicted octanol–water partition coefficient (Wildman–Crippen LogP) is 2.28. The van der Waals surface area contributed by atoms with Gasteiger partial charge in [0, 0.05) is 12.5 Å². The van der Waals surface area contributed by atoms with E-state index in [4.69, 9.17) is 0 Å². The topological polar surface area (TPSA) is 12.0 Å². The molecular weight excluding hydrogens is 182 g/mol. The molecule has 0 aromatic rings. The van der Waals surface area contributed by atoms with Gasteiger partial charge in [-0.2, -0.15) is 0 Å². The lowest BCUT2D eigenvalue weighted by Crippen LogP contribution is -2.29. The van der Waals surface area contributed by atoms with Gasteiger partial charge in [0.25, 0.3) is 0 Å². The molecule has 0 amide bonds. The van der Waals surface area contributed by atoms with Gasteiger partial charge in [-0.05, 0) is 62.8 Å². The van der Waals surface area contributed by atoms with Gasteiger partial charge in [-0.15, -0.1) is 11.8 Å². The van der Waals surface area contributed by atoms with Crippen molar-refractivity contribution in [1.29, 1.82) is 0 Å². The van der Waals surface area contributed by atoms with Crippen molar-refractivity contribution in [3.05, 3.63) is 0 Å². The minimum absolute atomic E-state index is 0.677. The highest BCUT2D eigenvalue weighted by molar-refractivity contribution is 5.17. The Morgan fingerprint density at radius 2 is 1.93 bits per heavy atom. The van der Waals surface area contributed by atoms with Crippen LogP contribution in [0.2, 0.25) is 0 Å². The van der Waals surface area contributed by atoms with Crippen LogP contribution in [-0.4, -0.2) is 13.1 Å². The Morgan fingerprint density at radius 1 is 1.27 bits per heavy atom. The molecule has 0 aromatic heterocycles. The van der Waals surface area contributed by atoms with Crippen molar-refractivity contribution in [2.75, 3.05) is 7.05 Å². The lowest BCUT2D eigenvalue weighted by molar-refractivity contribution is 0.382. The van der Waals surface area contributed by atoms with Crippen LogP contribution in [0, 0.1) is 41.4 Å². The molecule has 0 saturated heterocycles. The maximum Gasteiger partial charge on any atom is 0.0246 e. The van der Waals surface area contributed by atoms with E-state index in [1.54, 1.807) is 6.42 Å². The predicted molar refractivity (Wildman–Crippen MR) is 62.2 cm³/mol. The van der Waals surface area contributed by atoms with Gasteiger partial charge in [0.05, 0.1) is 0 Å². The first-order valence-electron chi connectivity index (χ1n) is 6.43. The fraction of sp³-hybridized carbons (Fsp3) is 0.857. The van der Waals surface area contributed by atoms with Crippen molar-refractivity contribution in [3.63, 3.8) is 0 Å². The molecule has 3 saturated carbocycles. The van der Waals surface area contributed by atoms with Crippen LogP contribution in [0.15, 0.2) is 0 Å². The molecule has 3 fully saturated rings. The van der Waals surface area contributed by atoms with Crippen LogP contribution in [0.4, 0.5) is 0 Å². The lowest BCUT2D eigenvalue weighted by Gasteiger charge is -2.17. The summed E-state index contributed by atoms with van der Waals surface area (Å²) in [6.45, 7) is 1.95. The van der Waals surface area contributed by atoms with E-state index in [9.17, 15) is 0 Å². The SMILES string of the molecule is CC#CCC(NC)C1C2C3CCC(C3)C21. The second kappa shape index (κ2) is 3.52. The van der Waals surface area contributed by atoms with Crippen molar-refractivity contribution in [2.45, 2.75) is 38.6 Å². The van der Waals surface area contributed by atoms with Crippen LogP contribution >= 0.6 is 0 Å². The highest BCUT2D eigenvalue weighted by Gasteiger charge is 2.66. The normalized spacial score (nSPS) is 46.9. The van der Waals surface area contributed by atoms with E-state index in [-0.39, 0.29) is 0 Å². The van der Waals surface area contributed by atoms with E-state index in [1.165, 1.54) is 12.8 Å². The van der Waals surface area contributed by atoms with Crippen molar-refractivity contribution in [1.82, 2.24) is 5.32 Å². The fourth-order valence-corrected chi connectivity index (χ4v) is 4.57. The van der Waals surface area contributed by atoms with E-state index < -0.39 is 0 Å². The van der Waals surface area contributed by atoms with Gasteiger partial charge in [-0.3, -0.25) is 0 Å². The van der Waals surface area contributed by atoms with E-state index >= 15 is 0 Å². The van der Waals surface area contributed by atoms with Crippen LogP contribution in [0.1, 0.15) is 32.6 Å². The van der Waals surface area contributed by atoms with Crippen LogP contribution in [0.5, 0.6) is 0 Å². The Labute approximate surface area is 93.0 Å². The molecule has 3 rings (SSSR count). The van der Waals surface area contributed by atoms with Crippen molar-refractivity contribution in [3.8, 4) is 11.8 Å². The molecule has 3 aliphatic carbocycles. The molecule has 3 aliphatic rings. The Bertz CT molecular complexity index is 295. The summed E-state index contributed by atoms with van der Waals surface area (Å²) in [6.07, 6.45) is 5.67. The number of fused-ring (bicyclic) bond motifs is 5. The highest BCUT2D eigenvalue weighted by Crippen LogP contribution is 2.70. The zero-order valence-corrected chi connectivity index (χ0v) is 9.79. The Morgan fingerprint density at radius 3 is 2.47 bits per heavy atom. The monoisotopic (exact) mass is 203 g/mol. The molecule has 2 bridgehead atoms. The molecular formula is C14H21N. The van der Waals surface area contributed by atoms with Crippen LogP contribution in [0.3, 0.4) is 0 Å². The third-order valence-corrected chi connectivity index (χ3v) is 5.13. The summed E-state index contributed by atoms with van der Waals surface area (Å²) in [5, 5.41) is 3.49. The van der Waals surface area contributed by atoms with E-state index in [0.717, 1.165) is 36.0 Å². The maximum absolute atomic E-state index is 3.49. The third kappa shape index (κ3) is 1.35. The molecule has 0 spiro atoms. The van der Waals surface area contributed by atoms with Crippen LogP contribution in [0.25, 0.3) is 0 Å². The summed E-state index contributed by atoms with van der Waals surface area (Å²) >= 11 is 0. The summed E-state index contributed by atoms with van der Waals surface area (Å²) in [6, 6.07) is 0.677. The van der Waals surface area contributed by atoms with E-state index in [1.807, 2.05) is 6.92 Å². The average molecular weight is 203 g/mol. The molecule has 1 nitrogen and oxygen atoms in total. The lowest BCUT2D eigenvalue weighted by atomic mass is 9.96. The standard InChI is InChI=1S/C14H21N/c1-3-4-5-11(15-2)14-12-9-6-7-10(8-9)13(12)14/h9-15H,5-8H2,1-2H3. The first-order chi connectivity index (χ1) is 7.36. The number of nitrogens with one attached hydrogen (secondary N) is 1. The van der Waals surface area contributed by atoms with Crippen molar-refractivity contribution < 1.29 is 0 Å². The van der Waals surface area contributed by atoms with Crippen LogP contribution in [-0.2, 0) is 0 Å². The van der Waals surface area contributed by atoms with Gasteiger partial charge in [0.1, 0.15) is 0 Å². The van der Waals surface area contributed by atoms with Gasteiger partial charge in [0.2, 0.25) is 0 Å². The molecule has 0 aliphatic heterocycles. The van der Waals surface area contributed by atoms with Gasteiger partial charge < -0.3 is 5.32 Å². The second-order valence-electron chi connectivity index (χ2n) is 5.59. The number of hydrogen-bond donors (Lipinski definition) is 1. The Balaban J connectivity index is 1.66. The molecule has 1 N–H and O–H groups in total. The Hall–Kier alpha value is -0.480. The molecule has 0 aromatic carbocycles. The summed E-state index contributed by atoms with van der Waals surface area (Å²) in [4.78, 5) is 0. The summed E-state index contributed by atoms with van der Waals surface area (Å²) in [5.41, 5.74) is 0. The molecule has 1 heteroatoms. The van der Waals surface area contributed by atoms with Gasteiger partial charge in [-0.25, -0.2) is 0 Å². The average Bonchev–Trinajstić information content (AvgIpc) is 2.70. The molecule has 0 heterocycles. The molecule has 5 unspecified atom stereocenters. The quantitative estimate of drug-likeness (QED) is 0.694. The molecule has 15 heavy (non-hydrogen) atoms. The fourth-order valence-electron chi connectivity index (χ4n) is 4.57. The zero-order valence-electron chi connectivity index (χ0n) is 9.79. The second-order valence-corrected chi connectivity index (χ2v) is 5.59. The number of rotatable bonds is 3. The van der Waals surface area contributed by atoms with E-state index in [0.29, 0.717) is 6.04 Å². The first kappa shape index (κ1) is 9.73. The molecule has 82 valence electrons.